The van der Waals surface area contributed by atoms with Crippen LogP contribution in [0.25, 0.3) is 0 Å². The van der Waals surface area contributed by atoms with Gasteiger partial charge in [-0.2, -0.15) is 0 Å². The number of carbonyl (C=O) groups excluding carboxylic acids is 1. The largest absolute Gasteiger partial charge is 0.495 e. The van der Waals surface area contributed by atoms with Crippen LogP contribution in [0.2, 0.25) is 0 Å². The Morgan fingerprint density at radius 2 is 2.22 bits per heavy atom. The van der Waals surface area contributed by atoms with Gasteiger partial charge in [0.15, 0.2) is 0 Å². The number of nitrogens with zero attached hydrogens (tertiary/aromatic N) is 1. The summed E-state index contributed by atoms with van der Waals surface area (Å²) < 4.78 is 6.05. The molecule has 1 N–H and O–H groups in total. The maximum absolute atomic E-state index is 12.4. The smallest absolute Gasteiger partial charge is 0.264 e. The molecule has 1 amide bonds. The van der Waals surface area contributed by atoms with Crippen molar-refractivity contribution in [3.8, 4) is 5.75 Å². The van der Waals surface area contributed by atoms with Crippen molar-refractivity contribution in [2.24, 2.45) is 0 Å². The molecule has 0 bridgehead atoms. The summed E-state index contributed by atoms with van der Waals surface area (Å²) in [7, 11) is 3.50. The molecule has 2 heterocycles. The number of carbonyl (C=O) groups is 1. The van der Waals surface area contributed by atoms with Gasteiger partial charge in [0.25, 0.3) is 5.91 Å². The molecule has 0 atom stereocenters. The zero-order chi connectivity index (χ0) is 13.1. The number of nitrogens with one attached hydrogen (secondary N) is 1. The van der Waals surface area contributed by atoms with Crippen LogP contribution in [0.15, 0.2) is 9.85 Å². The first kappa shape index (κ1) is 13.8. The number of methoxy groups -OCH3 is 1. The highest BCUT2D eigenvalue weighted by atomic mass is 79.9. The SMILES string of the molecule is COc1cc(C(=O)N(C)C2CCNCC2)sc1Br. The molecule has 6 heteroatoms. The number of ether oxygens (including phenoxy) is 1. The van der Waals surface area contributed by atoms with Crippen molar-refractivity contribution in [2.75, 3.05) is 27.2 Å². The van der Waals surface area contributed by atoms with Gasteiger partial charge in [0.05, 0.1) is 12.0 Å². The number of hydrogen-bond donors (Lipinski definition) is 1. The standard InChI is InChI=1S/C12H17BrN2O2S/c1-15(8-3-5-14-6-4-8)12(16)10-7-9(17-2)11(13)18-10/h7-8,14H,3-6H2,1-2H3. The van der Waals surface area contributed by atoms with Gasteiger partial charge in [-0.15, -0.1) is 11.3 Å². The van der Waals surface area contributed by atoms with Gasteiger partial charge in [0, 0.05) is 19.2 Å². The van der Waals surface area contributed by atoms with E-state index in [9.17, 15) is 4.79 Å². The molecule has 0 saturated carbocycles. The first-order chi connectivity index (χ1) is 8.63. The van der Waals surface area contributed by atoms with Crippen LogP contribution in [0.4, 0.5) is 0 Å². The summed E-state index contributed by atoms with van der Waals surface area (Å²) in [4.78, 5) is 14.9. The molecule has 1 aromatic heterocycles. The lowest BCUT2D eigenvalue weighted by molar-refractivity contribution is 0.0708. The van der Waals surface area contributed by atoms with E-state index < -0.39 is 0 Å². The first-order valence-corrected chi connectivity index (χ1v) is 7.55. The average molecular weight is 333 g/mol. The molecule has 0 aliphatic carbocycles. The minimum atomic E-state index is 0.0795. The predicted octanol–water partition coefficient (Wildman–Crippen LogP) is 2.34. The molecule has 0 aromatic carbocycles. The molecule has 100 valence electrons. The minimum Gasteiger partial charge on any atom is -0.495 e. The van der Waals surface area contributed by atoms with Crippen LogP contribution in [0.3, 0.4) is 0 Å². The fourth-order valence-corrected chi connectivity index (χ4v) is 3.76. The van der Waals surface area contributed by atoms with Gasteiger partial charge in [-0.1, -0.05) is 0 Å². The molecular formula is C12H17BrN2O2S. The second-order valence-corrected chi connectivity index (χ2v) is 6.72. The monoisotopic (exact) mass is 332 g/mol. The van der Waals surface area contributed by atoms with E-state index in [1.807, 2.05) is 11.9 Å². The fraction of sp³-hybridized carbons (Fsp3) is 0.583. The van der Waals surface area contributed by atoms with Crippen LogP contribution in [-0.4, -0.2) is 44.1 Å². The number of rotatable bonds is 3. The van der Waals surface area contributed by atoms with Crippen LogP contribution < -0.4 is 10.1 Å². The Kier molecular flexibility index (Phi) is 4.64. The van der Waals surface area contributed by atoms with Crippen LogP contribution in [0, 0.1) is 0 Å². The number of piperidine rings is 1. The third-order valence-electron chi connectivity index (χ3n) is 3.26. The van der Waals surface area contributed by atoms with Gasteiger partial charge in [-0.25, -0.2) is 0 Å². The summed E-state index contributed by atoms with van der Waals surface area (Å²) in [5.74, 6) is 0.804. The van der Waals surface area contributed by atoms with Crippen molar-refractivity contribution < 1.29 is 9.53 Å². The molecule has 1 aliphatic rings. The summed E-state index contributed by atoms with van der Waals surface area (Å²) in [6.07, 6.45) is 2.04. The van der Waals surface area contributed by atoms with E-state index in [1.54, 1.807) is 13.2 Å². The fourth-order valence-electron chi connectivity index (χ4n) is 2.13. The maximum Gasteiger partial charge on any atom is 0.264 e. The average Bonchev–Trinajstić information content (AvgIpc) is 2.79. The zero-order valence-corrected chi connectivity index (χ0v) is 12.9. The van der Waals surface area contributed by atoms with Crippen molar-refractivity contribution in [1.82, 2.24) is 10.2 Å². The van der Waals surface area contributed by atoms with Gasteiger partial charge in [0.2, 0.25) is 0 Å². The molecule has 0 radical (unpaired) electrons. The van der Waals surface area contributed by atoms with E-state index in [1.165, 1.54) is 11.3 Å². The highest BCUT2D eigenvalue weighted by Gasteiger charge is 2.24. The number of thiophene rings is 1. The quantitative estimate of drug-likeness (QED) is 0.923. The Balaban J connectivity index is 2.09. The van der Waals surface area contributed by atoms with E-state index in [0.717, 1.165) is 40.3 Å². The van der Waals surface area contributed by atoms with Crippen LogP contribution in [-0.2, 0) is 0 Å². The van der Waals surface area contributed by atoms with Crippen LogP contribution in [0.5, 0.6) is 5.75 Å². The summed E-state index contributed by atoms with van der Waals surface area (Å²) >= 11 is 4.83. The van der Waals surface area contributed by atoms with E-state index in [4.69, 9.17) is 4.74 Å². The Morgan fingerprint density at radius 1 is 1.56 bits per heavy atom. The number of halogens is 1. The minimum absolute atomic E-state index is 0.0795. The second-order valence-electron chi connectivity index (χ2n) is 4.35. The summed E-state index contributed by atoms with van der Waals surface area (Å²) in [6.45, 7) is 1.97. The maximum atomic E-state index is 12.4. The van der Waals surface area contributed by atoms with Crippen molar-refractivity contribution in [3.05, 3.63) is 14.7 Å². The molecule has 4 nitrogen and oxygen atoms in total. The lowest BCUT2D eigenvalue weighted by atomic mass is 10.1. The zero-order valence-electron chi connectivity index (χ0n) is 10.5. The van der Waals surface area contributed by atoms with Crippen molar-refractivity contribution in [3.63, 3.8) is 0 Å². The lowest BCUT2D eigenvalue weighted by Gasteiger charge is -2.31. The van der Waals surface area contributed by atoms with Crippen molar-refractivity contribution >= 4 is 33.2 Å². The van der Waals surface area contributed by atoms with Crippen LogP contribution in [0.1, 0.15) is 22.5 Å². The summed E-state index contributed by atoms with van der Waals surface area (Å²) in [5, 5.41) is 3.31. The highest BCUT2D eigenvalue weighted by Crippen LogP contribution is 2.35. The van der Waals surface area contributed by atoms with E-state index >= 15 is 0 Å². The Bertz CT molecular complexity index is 430. The molecule has 1 aromatic rings. The van der Waals surface area contributed by atoms with Gasteiger partial charge in [-0.05, 0) is 41.9 Å². The third-order valence-corrected chi connectivity index (χ3v) is 5.03. The molecule has 0 spiro atoms. The predicted molar refractivity (Wildman–Crippen MR) is 76.6 cm³/mol. The van der Waals surface area contributed by atoms with Gasteiger partial charge in [0.1, 0.15) is 9.54 Å². The van der Waals surface area contributed by atoms with Crippen molar-refractivity contribution in [1.29, 1.82) is 0 Å². The number of amides is 1. The Hall–Kier alpha value is -0.590. The lowest BCUT2D eigenvalue weighted by Crippen LogP contribution is -2.43. The molecule has 1 saturated heterocycles. The van der Waals surface area contributed by atoms with Crippen LogP contribution >= 0.6 is 27.3 Å². The topological polar surface area (TPSA) is 41.6 Å². The van der Waals surface area contributed by atoms with Gasteiger partial charge < -0.3 is 15.0 Å². The highest BCUT2D eigenvalue weighted by molar-refractivity contribution is 9.11. The third kappa shape index (κ3) is 2.87. The van der Waals surface area contributed by atoms with Gasteiger partial charge in [-0.3, -0.25) is 4.79 Å². The van der Waals surface area contributed by atoms with E-state index in [0.29, 0.717) is 6.04 Å². The molecule has 1 fully saturated rings. The second kappa shape index (κ2) is 6.04. The molecule has 0 unspecified atom stereocenters. The molecular weight excluding hydrogens is 316 g/mol. The normalized spacial score (nSPS) is 16.6. The molecule has 1 aliphatic heterocycles. The summed E-state index contributed by atoms with van der Waals surface area (Å²) in [6, 6.07) is 2.14. The van der Waals surface area contributed by atoms with Crippen molar-refractivity contribution in [2.45, 2.75) is 18.9 Å². The van der Waals surface area contributed by atoms with E-state index in [2.05, 4.69) is 21.2 Å². The first-order valence-electron chi connectivity index (χ1n) is 5.94. The molecule has 18 heavy (non-hydrogen) atoms. The Morgan fingerprint density at radius 3 is 2.78 bits per heavy atom. The summed E-state index contributed by atoms with van der Waals surface area (Å²) in [5.41, 5.74) is 0. The van der Waals surface area contributed by atoms with E-state index in [-0.39, 0.29) is 5.91 Å². The Labute approximate surface area is 119 Å². The van der Waals surface area contributed by atoms with Gasteiger partial charge >= 0.3 is 0 Å². The molecule has 2 rings (SSSR count). The number of hydrogen-bond acceptors (Lipinski definition) is 4.